The number of ether oxygens (including phenoxy) is 2. The summed E-state index contributed by atoms with van der Waals surface area (Å²) in [6.07, 6.45) is 6.26. The van der Waals surface area contributed by atoms with E-state index in [4.69, 9.17) is 9.47 Å². The second-order valence-electron chi connectivity index (χ2n) is 7.82. The van der Waals surface area contributed by atoms with Crippen LogP contribution in [0.15, 0.2) is 53.5 Å². The van der Waals surface area contributed by atoms with Gasteiger partial charge in [-0.2, -0.15) is 11.3 Å². The average Bonchev–Trinajstić information content (AvgIpc) is 3.49. The molecular weight excluding hydrogens is 398 g/mol. The molecule has 2 aliphatic heterocycles. The van der Waals surface area contributed by atoms with E-state index in [1.165, 1.54) is 5.56 Å². The van der Waals surface area contributed by atoms with Gasteiger partial charge in [-0.3, -0.25) is 4.79 Å². The smallest absolute Gasteiger partial charge is 0.267 e. The molecule has 0 aliphatic carbocycles. The lowest BCUT2D eigenvalue weighted by Gasteiger charge is -2.35. The van der Waals surface area contributed by atoms with Crippen LogP contribution in [0.5, 0.6) is 11.5 Å². The molecule has 6 nitrogen and oxygen atoms in total. The molecule has 30 heavy (non-hydrogen) atoms. The Bertz CT molecular complexity index is 993. The first-order valence-corrected chi connectivity index (χ1v) is 11.4. The summed E-state index contributed by atoms with van der Waals surface area (Å²) >= 11 is 1.74. The molecule has 0 N–H and O–H groups in total. The Morgan fingerprint density at radius 3 is 2.80 bits per heavy atom. The Kier molecular flexibility index (Phi) is 5.45. The van der Waals surface area contributed by atoms with Crippen LogP contribution in [-0.4, -0.2) is 46.2 Å². The fourth-order valence-corrected chi connectivity index (χ4v) is 4.96. The van der Waals surface area contributed by atoms with Crippen LogP contribution in [0, 0.1) is 0 Å². The van der Waals surface area contributed by atoms with Crippen molar-refractivity contribution < 1.29 is 14.3 Å². The molecule has 156 valence electrons. The van der Waals surface area contributed by atoms with E-state index in [1.54, 1.807) is 11.3 Å². The van der Waals surface area contributed by atoms with Crippen molar-refractivity contribution in [2.75, 3.05) is 19.7 Å². The fourth-order valence-electron chi connectivity index (χ4n) is 4.26. The largest absolute Gasteiger partial charge is 0.485 e. The van der Waals surface area contributed by atoms with Crippen molar-refractivity contribution in [3.8, 4) is 11.5 Å². The quantitative estimate of drug-likeness (QED) is 0.627. The number of piperidine rings is 1. The number of hydrogen-bond donors (Lipinski definition) is 0. The van der Waals surface area contributed by atoms with Gasteiger partial charge in [0.1, 0.15) is 12.4 Å². The third-order valence-electron chi connectivity index (χ3n) is 5.92. The fraction of sp³-hybridized carbons (Fsp3) is 0.391. The van der Waals surface area contributed by atoms with Crippen molar-refractivity contribution in [3.63, 3.8) is 0 Å². The van der Waals surface area contributed by atoms with Gasteiger partial charge in [0.2, 0.25) is 6.10 Å². The van der Waals surface area contributed by atoms with Crippen LogP contribution in [-0.2, 0) is 17.8 Å². The van der Waals surface area contributed by atoms with Crippen LogP contribution in [0.4, 0.5) is 0 Å². The van der Waals surface area contributed by atoms with Crippen molar-refractivity contribution in [2.24, 2.45) is 0 Å². The Balaban J connectivity index is 1.17. The molecule has 2 aliphatic rings. The monoisotopic (exact) mass is 423 g/mol. The number of thiophene rings is 1. The number of fused-ring (bicyclic) bond motifs is 1. The van der Waals surface area contributed by atoms with E-state index < -0.39 is 6.10 Å². The molecule has 2 aromatic heterocycles. The second-order valence-corrected chi connectivity index (χ2v) is 8.60. The molecule has 1 aromatic carbocycles. The van der Waals surface area contributed by atoms with E-state index in [0.717, 1.165) is 44.7 Å². The molecule has 1 amide bonds. The summed E-state index contributed by atoms with van der Waals surface area (Å²) in [6.45, 7) is 2.66. The molecule has 5 rings (SSSR count). The number of imidazole rings is 1. The Morgan fingerprint density at radius 1 is 1.17 bits per heavy atom. The molecule has 7 heteroatoms. The van der Waals surface area contributed by atoms with Crippen molar-refractivity contribution in [2.45, 2.75) is 37.8 Å². The first-order chi connectivity index (χ1) is 14.8. The maximum atomic E-state index is 13.0. The van der Waals surface area contributed by atoms with Crippen molar-refractivity contribution in [1.29, 1.82) is 0 Å². The Labute approximate surface area is 180 Å². The number of amides is 1. The molecule has 1 unspecified atom stereocenters. The van der Waals surface area contributed by atoms with Gasteiger partial charge in [0.25, 0.3) is 5.91 Å². The van der Waals surface area contributed by atoms with E-state index in [-0.39, 0.29) is 12.5 Å². The van der Waals surface area contributed by atoms with Gasteiger partial charge in [-0.05, 0) is 53.8 Å². The Morgan fingerprint density at radius 2 is 2.00 bits per heavy atom. The van der Waals surface area contributed by atoms with Crippen molar-refractivity contribution in [3.05, 3.63) is 64.9 Å². The highest BCUT2D eigenvalue weighted by molar-refractivity contribution is 7.07. The maximum absolute atomic E-state index is 13.0. The van der Waals surface area contributed by atoms with E-state index in [9.17, 15) is 4.79 Å². The van der Waals surface area contributed by atoms with Crippen LogP contribution in [0.25, 0.3) is 0 Å². The number of aromatic nitrogens is 2. The second kappa shape index (κ2) is 8.52. The van der Waals surface area contributed by atoms with Gasteiger partial charge in [-0.15, -0.1) is 0 Å². The first-order valence-electron chi connectivity index (χ1n) is 10.5. The molecule has 1 saturated heterocycles. The molecular formula is C23H25N3O3S. The highest BCUT2D eigenvalue weighted by Crippen LogP contribution is 2.32. The number of rotatable bonds is 5. The van der Waals surface area contributed by atoms with Crippen LogP contribution in [0.2, 0.25) is 0 Å². The van der Waals surface area contributed by atoms with Crippen LogP contribution in [0.3, 0.4) is 0 Å². The zero-order chi connectivity index (χ0) is 20.3. The van der Waals surface area contributed by atoms with Crippen LogP contribution < -0.4 is 9.47 Å². The number of para-hydroxylation sites is 2. The van der Waals surface area contributed by atoms with Crippen molar-refractivity contribution >= 4 is 17.2 Å². The summed E-state index contributed by atoms with van der Waals surface area (Å²) in [7, 11) is 0. The molecule has 1 atom stereocenters. The van der Waals surface area contributed by atoms with Crippen molar-refractivity contribution in [1.82, 2.24) is 14.5 Å². The van der Waals surface area contributed by atoms with Gasteiger partial charge < -0.3 is 18.9 Å². The van der Waals surface area contributed by atoms with Crippen LogP contribution in [0.1, 0.15) is 30.1 Å². The molecule has 4 heterocycles. The van der Waals surface area contributed by atoms with Gasteiger partial charge in [0.15, 0.2) is 11.5 Å². The molecule has 3 aromatic rings. The molecule has 0 saturated carbocycles. The number of nitrogens with zero attached hydrogens (tertiary/aromatic N) is 3. The molecule has 1 fully saturated rings. The standard InChI is InChI=1S/C23H25N3O3S/c27-23(21-15-28-19-3-1-2-4-20(19)29-21)26-11-6-18(7-12-26)22-24-9-13-25(22)10-5-17-8-14-30-16-17/h1-4,8-9,13-14,16,18,21H,5-7,10-12,15H2. The zero-order valence-corrected chi connectivity index (χ0v) is 17.6. The topological polar surface area (TPSA) is 56.6 Å². The number of hydrogen-bond acceptors (Lipinski definition) is 5. The van der Waals surface area contributed by atoms with E-state index in [0.29, 0.717) is 17.4 Å². The van der Waals surface area contributed by atoms with E-state index >= 15 is 0 Å². The predicted octanol–water partition coefficient (Wildman–Crippen LogP) is 3.73. The predicted molar refractivity (Wildman–Crippen MR) is 115 cm³/mol. The summed E-state index contributed by atoms with van der Waals surface area (Å²) in [5.41, 5.74) is 1.37. The molecule has 0 radical (unpaired) electrons. The summed E-state index contributed by atoms with van der Waals surface area (Å²) in [5, 5.41) is 4.33. The maximum Gasteiger partial charge on any atom is 0.267 e. The van der Waals surface area contributed by atoms with Gasteiger partial charge in [0.05, 0.1) is 0 Å². The third kappa shape index (κ3) is 3.94. The number of carbonyl (C=O) groups excluding carboxylic acids is 1. The summed E-state index contributed by atoms with van der Waals surface area (Å²) < 4.78 is 13.9. The number of aryl methyl sites for hydroxylation is 2. The number of benzene rings is 1. The SMILES string of the molecule is O=C(C1COc2ccccc2O1)N1CCC(c2nccn2CCc2ccsc2)CC1. The normalized spacial score (nSPS) is 19.1. The van der Waals surface area contributed by atoms with Crippen LogP contribution >= 0.6 is 11.3 Å². The summed E-state index contributed by atoms with van der Waals surface area (Å²) in [5.74, 6) is 2.89. The summed E-state index contributed by atoms with van der Waals surface area (Å²) in [6, 6.07) is 9.68. The zero-order valence-electron chi connectivity index (χ0n) is 16.8. The lowest BCUT2D eigenvalue weighted by atomic mass is 9.95. The van der Waals surface area contributed by atoms with Gasteiger partial charge in [-0.25, -0.2) is 4.98 Å². The minimum Gasteiger partial charge on any atom is -0.485 e. The van der Waals surface area contributed by atoms with Gasteiger partial charge in [-0.1, -0.05) is 12.1 Å². The molecule has 0 bridgehead atoms. The van der Waals surface area contributed by atoms with Gasteiger partial charge >= 0.3 is 0 Å². The minimum atomic E-state index is -0.566. The van der Waals surface area contributed by atoms with Gasteiger partial charge in [0, 0.05) is 37.9 Å². The molecule has 0 spiro atoms. The Hall–Kier alpha value is -2.80. The lowest BCUT2D eigenvalue weighted by molar-refractivity contribution is -0.142. The highest BCUT2D eigenvalue weighted by Gasteiger charge is 2.34. The van der Waals surface area contributed by atoms with E-state index in [2.05, 4.69) is 32.6 Å². The van der Waals surface area contributed by atoms with E-state index in [1.807, 2.05) is 35.4 Å². The number of carbonyl (C=O) groups is 1. The highest BCUT2D eigenvalue weighted by atomic mass is 32.1. The average molecular weight is 424 g/mol. The summed E-state index contributed by atoms with van der Waals surface area (Å²) in [4.78, 5) is 19.5. The third-order valence-corrected chi connectivity index (χ3v) is 6.66. The lowest BCUT2D eigenvalue weighted by Crippen LogP contribution is -2.49. The number of likely N-dealkylation sites (tertiary alicyclic amines) is 1. The first kappa shape index (κ1) is 19.2. The minimum absolute atomic E-state index is 0.0174.